The van der Waals surface area contributed by atoms with E-state index in [4.69, 9.17) is 0 Å². The maximum absolute atomic E-state index is 4.19. The van der Waals surface area contributed by atoms with Gasteiger partial charge in [0, 0.05) is 0 Å². The Morgan fingerprint density at radius 2 is 1.93 bits per heavy atom. The summed E-state index contributed by atoms with van der Waals surface area (Å²) in [6, 6.07) is 6.32. The standard InChI is InChI=1S/C13H18N2/c1-10-8-11(13(2,3)4)6-7-12(10)15-9-14-5/h6-9H,5H2,1-4H3/b15-9-. The molecule has 80 valence electrons. The summed E-state index contributed by atoms with van der Waals surface area (Å²) in [6.45, 7) is 12.0. The van der Waals surface area contributed by atoms with Crippen LogP contribution in [0.1, 0.15) is 31.9 Å². The van der Waals surface area contributed by atoms with Crippen LogP contribution in [0.2, 0.25) is 0 Å². The van der Waals surface area contributed by atoms with Crippen molar-refractivity contribution in [2.45, 2.75) is 33.1 Å². The van der Waals surface area contributed by atoms with Crippen LogP contribution < -0.4 is 0 Å². The molecule has 0 atom stereocenters. The topological polar surface area (TPSA) is 24.7 Å². The fourth-order valence-corrected chi connectivity index (χ4v) is 1.37. The van der Waals surface area contributed by atoms with Crippen LogP contribution >= 0.6 is 0 Å². The Labute approximate surface area is 91.8 Å². The quantitative estimate of drug-likeness (QED) is 0.516. The Kier molecular flexibility index (Phi) is 3.40. The number of benzene rings is 1. The van der Waals surface area contributed by atoms with E-state index in [2.05, 4.69) is 56.5 Å². The highest BCUT2D eigenvalue weighted by Crippen LogP contribution is 2.27. The summed E-state index contributed by atoms with van der Waals surface area (Å²) >= 11 is 0. The maximum atomic E-state index is 4.19. The first-order valence-electron chi connectivity index (χ1n) is 5.04. The number of nitrogens with zero attached hydrogens (tertiary/aromatic N) is 2. The van der Waals surface area contributed by atoms with Crippen molar-refractivity contribution in [1.82, 2.24) is 0 Å². The molecule has 0 N–H and O–H groups in total. The predicted molar refractivity (Wildman–Crippen MR) is 67.6 cm³/mol. The largest absolute Gasteiger partial charge is 0.253 e. The molecule has 2 heteroatoms. The van der Waals surface area contributed by atoms with Gasteiger partial charge >= 0.3 is 0 Å². The maximum Gasteiger partial charge on any atom is 0.115 e. The molecule has 0 saturated heterocycles. The third-order valence-corrected chi connectivity index (χ3v) is 2.34. The molecule has 0 amide bonds. The summed E-state index contributed by atoms with van der Waals surface area (Å²) in [5, 5.41) is 0. The normalized spacial score (nSPS) is 12.0. The van der Waals surface area contributed by atoms with E-state index in [1.165, 1.54) is 17.5 Å². The third-order valence-electron chi connectivity index (χ3n) is 2.34. The van der Waals surface area contributed by atoms with Crippen LogP contribution in [0, 0.1) is 6.92 Å². The number of hydrogen-bond donors (Lipinski definition) is 0. The van der Waals surface area contributed by atoms with E-state index in [1.807, 2.05) is 6.07 Å². The van der Waals surface area contributed by atoms with E-state index in [-0.39, 0.29) is 5.41 Å². The van der Waals surface area contributed by atoms with Crippen molar-refractivity contribution in [3.05, 3.63) is 29.3 Å². The van der Waals surface area contributed by atoms with Gasteiger partial charge in [0.15, 0.2) is 0 Å². The van der Waals surface area contributed by atoms with Gasteiger partial charge in [0.05, 0.1) is 5.69 Å². The van der Waals surface area contributed by atoms with E-state index in [1.54, 1.807) is 0 Å². The number of rotatable bonds is 2. The Hall–Kier alpha value is -1.44. The van der Waals surface area contributed by atoms with Gasteiger partial charge in [-0.3, -0.25) is 4.99 Å². The van der Waals surface area contributed by atoms with Crippen molar-refractivity contribution in [3.63, 3.8) is 0 Å². The number of aryl methyl sites for hydroxylation is 1. The first kappa shape index (κ1) is 11.6. The number of hydrogen-bond acceptors (Lipinski definition) is 1. The second kappa shape index (κ2) is 4.39. The Morgan fingerprint density at radius 3 is 2.40 bits per heavy atom. The molecule has 0 saturated carbocycles. The van der Waals surface area contributed by atoms with Gasteiger partial charge in [-0.05, 0) is 36.2 Å². The monoisotopic (exact) mass is 202 g/mol. The smallest absolute Gasteiger partial charge is 0.115 e. The summed E-state index contributed by atoms with van der Waals surface area (Å²) in [6.07, 6.45) is 1.47. The lowest BCUT2D eigenvalue weighted by molar-refractivity contribution is 0.590. The van der Waals surface area contributed by atoms with Crippen LogP contribution in [0.15, 0.2) is 28.2 Å². The molecule has 0 aliphatic rings. The van der Waals surface area contributed by atoms with Gasteiger partial charge in [0.2, 0.25) is 0 Å². The minimum absolute atomic E-state index is 0.184. The third kappa shape index (κ3) is 3.01. The van der Waals surface area contributed by atoms with Crippen molar-refractivity contribution in [2.24, 2.45) is 9.98 Å². The summed E-state index contributed by atoms with van der Waals surface area (Å²) in [4.78, 5) is 7.79. The molecule has 2 nitrogen and oxygen atoms in total. The van der Waals surface area contributed by atoms with E-state index in [9.17, 15) is 0 Å². The molecule has 0 aliphatic heterocycles. The molecule has 1 rings (SSSR count). The molecule has 0 bridgehead atoms. The molecule has 0 radical (unpaired) electrons. The highest BCUT2D eigenvalue weighted by Gasteiger charge is 2.13. The van der Waals surface area contributed by atoms with Gasteiger partial charge in [-0.2, -0.15) is 0 Å². The van der Waals surface area contributed by atoms with Gasteiger partial charge in [-0.1, -0.05) is 32.9 Å². The van der Waals surface area contributed by atoms with Crippen molar-refractivity contribution in [1.29, 1.82) is 0 Å². The molecule has 15 heavy (non-hydrogen) atoms. The van der Waals surface area contributed by atoms with Gasteiger partial charge < -0.3 is 0 Å². The minimum atomic E-state index is 0.184. The van der Waals surface area contributed by atoms with Crippen LogP contribution in [-0.4, -0.2) is 13.1 Å². The van der Waals surface area contributed by atoms with Crippen molar-refractivity contribution < 1.29 is 0 Å². The van der Waals surface area contributed by atoms with Crippen LogP contribution in [0.4, 0.5) is 5.69 Å². The van der Waals surface area contributed by atoms with Gasteiger partial charge in [-0.15, -0.1) is 0 Å². The van der Waals surface area contributed by atoms with Crippen LogP contribution in [0.5, 0.6) is 0 Å². The SMILES string of the molecule is C=N/C=N\c1ccc(C(C)(C)C)cc1C. The first-order chi connectivity index (χ1) is 6.95. The summed E-state index contributed by atoms with van der Waals surface area (Å²) in [5.41, 5.74) is 3.63. The molecule has 0 spiro atoms. The second-order valence-electron chi connectivity index (χ2n) is 4.68. The zero-order valence-corrected chi connectivity index (χ0v) is 9.91. The Balaban J connectivity index is 3.09. The van der Waals surface area contributed by atoms with Gasteiger partial charge in [0.25, 0.3) is 0 Å². The van der Waals surface area contributed by atoms with E-state index < -0.39 is 0 Å². The molecule has 0 fully saturated rings. The lowest BCUT2D eigenvalue weighted by atomic mass is 9.86. The molecule has 1 aromatic carbocycles. The minimum Gasteiger partial charge on any atom is -0.253 e. The second-order valence-corrected chi connectivity index (χ2v) is 4.68. The Bertz CT molecular complexity index is 384. The first-order valence-corrected chi connectivity index (χ1v) is 5.04. The lowest BCUT2D eigenvalue weighted by Crippen LogP contribution is -2.10. The lowest BCUT2D eigenvalue weighted by Gasteiger charge is -2.19. The van der Waals surface area contributed by atoms with Gasteiger partial charge in [-0.25, -0.2) is 4.99 Å². The predicted octanol–water partition coefficient (Wildman–Crippen LogP) is 3.65. The average molecular weight is 202 g/mol. The van der Waals surface area contributed by atoms with Crippen LogP contribution in [0.25, 0.3) is 0 Å². The zero-order valence-electron chi connectivity index (χ0n) is 9.91. The summed E-state index contributed by atoms with van der Waals surface area (Å²) in [7, 11) is 0. The van der Waals surface area contributed by atoms with E-state index in [0.717, 1.165) is 5.69 Å². The molecular formula is C13H18N2. The summed E-state index contributed by atoms with van der Waals surface area (Å²) < 4.78 is 0. The fourth-order valence-electron chi connectivity index (χ4n) is 1.37. The van der Waals surface area contributed by atoms with Gasteiger partial charge in [0.1, 0.15) is 6.34 Å². The highest BCUT2D eigenvalue weighted by molar-refractivity contribution is 5.67. The van der Waals surface area contributed by atoms with Crippen molar-refractivity contribution >= 4 is 18.7 Å². The molecule has 1 aromatic rings. The zero-order chi connectivity index (χ0) is 11.5. The Morgan fingerprint density at radius 1 is 1.27 bits per heavy atom. The molecule has 0 heterocycles. The number of aliphatic imine (C=N–C) groups is 2. The van der Waals surface area contributed by atoms with E-state index in [0.29, 0.717) is 0 Å². The van der Waals surface area contributed by atoms with Crippen LogP contribution in [0.3, 0.4) is 0 Å². The van der Waals surface area contributed by atoms with Crippen LogP contribution in [-0.2, 0) is 5.41 Å². The van der Waals surface area contributed by atoms with Crippen molar-refractivity contribution in [2.75, 3.05) is 0 Å². The fraction of sp³-hybridized carbons (Fsp3) is 0.385. The van der Waals surface area contributed by atoms with Crippen molar-refractivity contribution in [3.8, 4) is 0 Å². The highest BCUT2D eigenvalue weighted by atomic mass is 14.8. The molecule has 0 unspecified atom stereocenters. The molecular weight excluding hydrogens is 184 g/mol. The molecule has 0 aromatic heterocycles. The van der Waals surface area contributed by atoms with E-state index >= 15 is 0 Å². The summed E-state index contributed by atoms with van der Waals surface area (Å²) in [5.74, 6) is 0. The molecule has 0 aliphatic carbocycles. The average Bonchev–Trinajstić information content (AvgIpc) is 2.14.